The molecule has 0 bridgehead atoms. The summed E-state index contributed by atoms with van der Waals surface area (Å²) in [4.78, 5) is 22.6. The predicted octanol–water partition coefficient (Wildman–Crippen LogP) is 3.69. The highest BCUT2D eigenvalue weighted by Crippen LogP contribution is 2.47. The van der Waals surface area contributed by atoms with Crippen LogP contribution in [-0.2, 0) is 0 Å². The largest absolute Gasteiger partial charge is 0.504 e. The zero-order valence-electron chi connectivity index (χ0n) is 15.9. The number of nitro groups is 1. The van der Waals surface area contributed by atoms with Crippen molar-refractivity contribution < 1.29 is 34.5 Å². The normalized spacial score (nSPS) is 11.1. The molecular formula is C21H15NO9. The third kappa shape index (κ3) is 3.19. The van der Waals surface area contributed by atoms with Crippen molar-refractivity contribution in [2.45, 2.75) is 6.92 Å². The Balaban J connectivity index is 2.20. The van der Waals surface area contributed by atoms with Crippen molar-refractivity contribution in [2.24, 2.45) is 0 Å². The molecule has 0 amide bonds. The molecule has 0 spiro atoms. The van der Waals surface area contributed by atoms with Gasteiger partial charge in [-0.1, -0.05) is 0 Å². The van der Waals surface area contributed by atoms with E-state index < -0.39 is 39.0 Å². The van der Waals surface area contributed by atoms with E-state index in [9.17, 15) is 35.3 Å². The summed E-state index contributed by atoms with van der Waals surface area (Å²) >= 11 is 0. The number of rotatable bonds is 4. The van der Waals surface area contributed by atoms with Gasteiger partial charge in [0.1, 0.15) is 11.3 Å². The molecule has 31 heavy (non-hydrogen) atoms. The Kier molecular flexibility index (Phi) is 4.54. The first-order chi connectivity index (χ1) is 14.7. The maximum absolute atomic E-state index is 11.9. The van der Waals surface area contributed by atoms with Crippen LogP contribution in [-0.4, -0.2) is 32.0 Å². The zero-order chi connectivity index (χ0) is 22.4. The predicted molar refractivity (Wildman–Crippen MR) is 109 cm³/mol. The summed E-state index contributed by atoms with van der Waals surface area (Å²) in [5, 5.41) is 51.8. The Morgan fingerprint density at radius 2 is 1.71 bits per heavy atom. The van der Waals surface area contributed by atoms with Gasteiger partial charge in [-0.3, -0.25) is 14.9 Å². The lowest BCUT2D eigenvalue weighted by Crippen LogP contribution is -2.02. The fraction of sp³-hybridized carbons (Fsp3) is 0.0952. The van der Waals surface area contributed by atoms with E-state index in [0.717, 1.165) is 24.3 Å². The molecule has 0 unspecified atom stereocenters. The first-order valence-electron chi connectivity index (χ1n) is 9.01. The summed E-state index contributed by atoms with van der Waals surface area (Å²) < 4.78 is 11.0. The van der Waals surface area contributed by atoms with Crippen LogP contribution in [0, 0.1) is 10.1 Å². The van der Waals surface area contributed by atoms with Gasteiger partial charge in [0.25, 0.3) is 0 Å². The topological polar surface area (TPSA) is 164 Å². The highest BCUT2D eigenvalue weighted by molar-refractivity contribution is 6.03. The molecule has 0 saturated heterocycles. The van der Waals surface area contributed by atoms with Crippen LogP contribution in [0.5, 0.6) is 28.7 Å². The van der Waals surface area contributed by atoms with Gasteiger partial charge in [0, 0.05) is 34.7 Å². The fourth-order valence-corrected chi connectivity index (χ4v) is 3.38. The standard InChI is InChI=1S/C21H15NO9/c1-2-30-19-4-9(3-12(21(19)27)22(28)29)20-10-5-13(23)15(25)7-17(10)31-18-8-16(26)14(24)6-11(18)20/h3-8,23-25,27H,2H2,1H3. The number of phenols is 4. The molecule has 4 N–H and O–H groups in total. The molecule has 0 radical (unpaired) electrons. The highest BCUT2D eigenvalue weighted by Gasteiger charge is 2.26. The molecule has 2 aromatic carbocycles. The molecule has 1 heterocycles. The van der Waals surface area contributed by atoms with Gasteiger partial charge in [0.2, 0.25) is 11.2 Å². The van der Waals surface area contributed by atoms with Gasteiger partial charge in [-0.25, -0.2) is 0 Å². The van der Waals surface area contributed by atoms with Crippen molar-refractivity contribution in [3.8, 4) is 51.2 Å². The summed E-state index contributed by atoms with van der Waals surface area (Å²) in [7, 11) is 0. The highest BCUT2D eigenvalue weighted by atomic mass is 16.6. The quantitative estimate of drug-likeness (QED) is 0.165. The number of nitro benzene ring substituents is 1. The third-order valence-electron chi connectivity index (χ3n) is 4.74. The van der Waals surface area contributed by atoms with Crippen LogP contribution in [0.25, 0.3) is 33.4 Å². The molecule has 4 rings (SSSR count). The smallest absolute Gasteiger partial charge is 0.315 e. The second-order valence-electron chi connectivity index (χ2n) is 6.66. The van der Waals surface area contributed by atoms with Gasteiger partial charge in [-0.2, -0.15) is 0 Å². The SMILES string of the molecule is CCOc1cc(-c2c3cc(O)c(=O)cc-3oc3cc(O)c(O)cc23)cc([N+](=O)[O-])c1O. The number of aromatic hydroxyl groups is 4. The van der Waals surface area contributed by atoms with Crippen molar-refractivity contribution in [3.05, 3.63) is 56.7 Å². The van der Waals surface area contributed by atoms with Crippen LogP contribution in [0.3, 0.4) is 0 Å². The van der Waals surface area contributed by atoms with E-state index in [0.29, 0.717) is 0 Å². The molecule has 10 heteroatoms. The summed E-state index contributed by atoms with van der Waals surface area (Å²) in [5.41, 5.74) is -0.645. The Labute approximate surface area is 173 Å². The van der Waals surface area contributed by atoms with Crippen LogP contribution < -0.4 is 10.2 Å². The van der Waals surface area contributed by atoms with Crippen LogP contribution in [0.2, 0.25) is 0 Å². The molecule has 1 aliphatic heterocycles. The minimum absolute atomic E-state index is 0.0316. The van der Waals surface area contributed by atoms with E-state index in [1.165, 1.54) is 12.1 Å². The second kappa shape index (κ2) is 7.10. The molecule has 158 valence electrons. The van der Waals surface area contributed by atoms with Gasteiger partial charge >= 0.3 is 5.69 Å². The van der Waals surface area contributed by atoms with Gasteiger partial charge < -0.3 is 29.6 Å². The number of phenolic OH excluding ortho intramolecular Hbond substituents is 4. The lowest BCUT2D eigenvalue weighted by Gasteiger charge is -2.17. The van der Waals surface area contributed by atoms with E-state index >= 15 is 0 Å². The Morgan fingerprint density at radius 3 is 2.39 bits per heavy atom. The molecule has 2 aliphatic rings. The summed E-state index contributed by atoms with van der Waals surface area (Å²) in [6, 6.07) is 6.94. The van der Waals surface area contributed by atoms with E-state index in [1.54, 1.807) is 6.92 Å². The molecule has 0 aromatic heterocycles. The lowest BCUT2D eigenvalue weighted by atomic mass is 9.92. The Hall–Kier alpha value is -4.47. The van der Waals surface area contributed by atoms with Gasteiger partial charge in [0.15, 0.2) is 23.0 Å². The number of benzene rings is 3. The molecule has 10 nitrogen and oxygen atoms in total. The van der Waals surface area contributed by atoms with Crippen molar-refractivity contribution in [1.82, 2.24) is 0 Å². The van der Waals surface area contributed by atoms with E-state index in [2.05, 4.69) is 0 Å². The van der Waals surface area contributed by atoms with E-state index in [4.69, 9.17) is 9.15 Å². The van der Waals surface area contributed by atoms with Crippen LogP contribution in [0.4, 0.5) is 5.69 Å². The Morgan fingerprint density at radius 1 is 1.00 bits per heavy atom. The summed E-state index contributed by atoms with van der Waals surface area (Å²) in [6.07, 6.45) is 0. The molecule has 0 fully saturated rings. The third-order valence-corrected chi connectivity index (χ3v) is 4.74. The first-order valence-corrected chi connectivity index (χ1v) is 9.01. The van der Waals surface area contributed by atoms with Gasteiger partial charge in [-0.15, -0.1) is 0 Å². The molecule has 0 saturated carbocycles. The van der Waals surface area contributed by atoms with E-state index in [-0.39, 0.29) is 45.8 Å². The number of hydrogen-bond acceptors (Lipinski definition) is 9. The average molecular weight is 425 g/mol. The summed E-state index contributed by atoms with van der Waals surface area (Å²) in [6.45, 7) is 1.76. The van der Waals surface area contributed by atoms with Crippen molar-refractivity contribution in [3.63, 3.8) is 0 Å². The van der Waals surface area contributed by atoms with Crippen LogP contribution in [0.1, 0.15) is 6.92 Å². The zero-order valence-corrected chi connectivity index (χ0v) is 15.9. The van der Waals surface area contributed by atoms with Crippen molar-refractivity contribution >= 4 is 16.7 Å². The average Bonchev–Trinajstić information content (AvgIpc) is 2.70. The first kappa shape index (κ1) is 19.8. The van der Waals surface area contributed by atoms with Crippen LogP contribution in [0.15, 0.2) is 45.6 Å². The molecular weight excluding hydrogens is 410 g/mol. The monoisotopic (exact) mass is 425 g/mol. The number of fused-ring (bicyclic) bond motifs is 2. The van der Waals surface area contributed by atoms with Crippen molar-refractivity contribution in [2.75, 3.05) is 6.61 Å². The molecule has 2 aromatic rings. The molecule has 1 aliphatic carbocycles. The minimum atomic E-state index is -0.782. The van der Waals surface area contributed by atoms with Gasteiger partial charge in [0.05, 0.1) is 11.5 Å². The maximum Gasteiger partial charge on any atom is 0.315 e. The number of ether oxygens (including phenoxy) is 1. The lowest BCUT2D eigenvalue weighted by molar-refractivity contribution is -0.385. The molecule has 0 atom stereocenters. The Bertz CT molecular complexity index is 1390. The number of nitrogens with zero attached hydrogens (tertiary/aromatic N) is 1. The number of hydrogen-bond donors (Lipinski definition) is 4. The van der Waals surface area contributed by atoms with Gasteiger partial charge in [-0.05, 0) is 30.7 Å². The van der Waals surface area contributed by atoms with E-state index in [1.807, 2.05) is 0 Å². The maximum atomic E-state index is 11.9. The fourth-order valence-electron chi connectivity index (χ4n) is 3.38. The van der Waals surface area contributed by atoms with Crippen LogP contribution >= 0.6 is 0 Å². The summed E-state index contributed by atoms with van der Waals surface area (Å²) in [5.74, 6) is -2.31. The minimum Gasteiger partial charge on any atom is -0.504 e. The second-order valence-corrected chi connectivity index (χ2v) is 6.66. The van der Waals surface area contributed by atoms with Crippen molar-refractivity contribution in [1.29, 1.82) is 0 Å².